The molecule has 0 spiro atoms. The van der Waals surface area contributed by atoms with E-state index in [0.29, 0.717) is 13.0 Å². The van der Waals surface area contributed by atoms with Crippen LogP contribution < -0.4 is 10.6 Å². The van der Waals surface area contributed by atoms with Crippen molar-refractivity contribution in [2.45, 2.75) is 24.4 Å². The molecular weight excluding hydrogens is 450 g/mol. The van der Waals surface area contributed by atoms with E-state index in [9.17, 15) is 19.5 Å². The van der Waals surface area contributed by atoms with Crippen molar-refractivity contribution in [3.63, 3.8) is 0 Å². The molecule has 2 aromatic rings. The Bertz CT molecular complexity index is 1040. The zero-order chi connectivity index (χ0) is 24.9. The minimum absolute atomic E-state index is 0.0441. The molecule has 2 amide bonds. The third kappa shape index (κ3) is 5.63. The van der Waals surface area contributed by atoms with Gasteiger partial charge in [0.05, 0.1) is 19.3 Å². The van der Waals surface area contributed by atoms with Crippen LogP contribution in [-0.4, -0.2) is 80.5 Å². The van der Waals surface area contributed by atoms with Gasteiger partial charge in [-0.15, -0.1) is 0 Å². The molecule has 9 heteroatoms. The highest BCUT2D eigenvalue weighted by Gasteiger charge is 2.37. The number of ether oxygens (including phenoxy) is 2. The number of hydrogen-bond donors (Lipinski definition) is 3. The highest BCUT2D eigenvalue weighted by Crippen LogP contribution is 2.44. The van der Waals surface area contributed by atoms with E-state index in [1.807, 2.05) is 55.4 Å². The largest absolute Gasteiger partial charge is 0.481 e. The van der Waals surface area contributed by atoms with Gasteiger partial charge in [0.1, 0.15) is 18.6 Å². The van der Waals surface area contributed by atoms with Crippen LogP contribution in [0.4, 0.5) is 4.79 Å². The van der Waals surface area contributed by atoms with Crippen LogP contribution in [0.25, 0.3) is 11.1 Å². The molecule has 3 atom stereocenters. The molecule has 1 aliphatic carbocycles. The summed E-state index contributed by atoms with van der Waals surface area (Å²) in [6.07, 6.45) is -0.350. The van der Waals surface area contributed by atoms with Gasteiger partial charge >= 0.3 is 12.1 Å². The Morgan fingerprint density at radius 1 is 1.06 bits per heavy atom. The smallest absolute Gasteiger partial charge is 0.407 e. The van der Waals surface area contributed by atoms with E-state index in [2.05, 4.69) is 22.8 Å². The van der Waals surface area contributed by atoms with Crippen molar-refractivity contribution in [2.75, 3.05) is 40.5 Å². The van der Waals surface area contributed by atoms with Crippen molar-refractivity contribution in [3.05, 3.63) is 59.7 Å². The molecule has 186 valence electrons. The molecule has 2 aliphatic rings. The topological polar surface area (TPSA) is 117 Å². The van der Waals surface area contributed by atoms with Crippen molar-refractivity contribution >= 4 is 18.0 Å². The van der Waals surface area contributed by atoms with Crippen molar-refractivity contribution in [1.29, 1.82) is 0 Å². The second-order valence-electron chi connectivity index (χ2n) is 9.21. The highest BCUT2D eigenvalue weighted by molar-refractivity contribution is 5.86. The molecule has 9 nitrogen and oxygen atoms in total. The summed E-state index contributed by atoms with van der Waals surface area (Å²) in [7, 11) is 3.74. The summed E-state index contributed by atoms with van der Waals surface area (Å²) in [5, 5.41) is 14.7. The van der Waals surface area contributed by atoms with Gasteiger partial charge in [0.25, 0.3) is 0 Å². The summed E-state index contributed by atoms with van der Waals surface area (Å²) >= 11 is 0. The second kappa shape index (κ2) is 10.9. The van der Waals surface area contributed by atoms with Crippen molar-refractivity contribution < 1.29 is 29.0 Å². The summed E-state index contributed by atoms with van der Waals surface area (Å²) in [6.45, 7) is 0.848. The molecule has 35 heavy (non-hydrogen) atoms. The first kappa shape index (κ1) is 24.7. The summed E-state index contributed by atoms with van der Waals surface area (Å²) in [4.78, 5) is 39.0. The number of benzene rings is 2. The van der Waals surface area contributed by atoms with E-state index >= 15 is 0 Å². The van der Waals surface area contributed by atoms with Gasteiger partial charge in [0.15, 0.2) is 0 Å². The van der Waals surface area contributed by atoms with Crippen LogP contribution in [0.15, 0.2) is 48.5 Å². The lowest BCUT2D eigenvalue weighted by Gasteiger charge is -2.23. The van der Waals surface area contributed by atoms with Crippen LogP contribution in [0, 0.1) is 5.92 Å². The second-order valence-corrected chi connectivity index (χ2v) is 9.21. The minimum atomic E-state index is -1.03. The molecule has 1 aliphatic heterocycles. The minimum Gasteiger partial charge on any atom is -0.481 e. The molecule has 0 bridgehead atoms. The van der Waals surface area contributed by atoms with E-state index in [0.717, 1.165) is 22.3 Å². The number of aliphatic carboxylic acids is 1. The first-order valence-corrected chi connectivity index (χ1v) is 11.7. The fourth-order valence-corrected chi connectivity index (χ4v) is 4.66. The van der Waals surface area contributed by atoms with Crippen molar-refractivity contribution in [3.8, 4) is 11.1 Å². The number of carboxylic acids is 1. The van der Waals surface area contributed by atoms with Gasteiger partial charge in [-0.3, -0.25) is 9.59 Å². The third-order valence-corrected chi connectivity index (χ3v) is 6.54. The summed E-state index contributed by atoms with van der Waals surface area (Å²) < 4.78 is 10.8. The Morgan fingerprint density at radius 2 is 1.69 bits per heavy atom. The Morgan fingerprint density at radius 3 is 2.29 bits per heavy atom. The van der Waals surface area contributed by atoms with Crippen LogP contribution in [0.5, 0.6) is 0 Å². The van der Waals surface area contributed by atoms with E-state index in [1.54, 1.807) is 0 Å². The molecule has 0 saturated carbocycles. The fourth-order valence-electron chi connectivity index (χ4n) is 4.66. The Hall–Kier alpha value is -3.43. The lowest BCUT2D eigenvalue weighted by atomic mass is 9.98. The lowest BCUT2D eigenvalue weighted by Crippen LogP contribution is -2.53. The van der Waals surface area contributed by atoms with Crippen LogP contribution in [0.1, 0.15) is 23.5 Å². The molecule has 1 saturated heterocycles. The van der Waals surface area contributed by atoms with E-state index in [-0.39, 0.29) is 25.7 Å². The number of alkyl carbamates (subject to hydrolysis) is 1. The highest BCUT2D eigenvalue weighted by atomic mass is 16.5. The maximum atomic E-state index is 13.0. The number of rotatable bonds is 9. The first-order chi connectivity index (χ1) is 16.8. The van der Waals surface area contributed by atoms with Gasteiger partial charge in [-0.2, -0.15) is 0 Å². The van der Waals surface area contributed by atoms with Crippen LogP contribution in [-0.2, 0) is 19.1 Å². The molecule has 0 radical (unpaired) electrons. The normalized spacial score (nSPS) is 19.6. The number of nitrogens with zero attached hydrogens (tertiary/aromatic N) is 1. The molecule has 3 unspecified atom stereocenters. The third-order valence-electron chi connectivity index (χ3n) is 6.54. The van der Waals surface area contributed by atoms with Crippen molar-refractivity contribution in [1.82, 2.24) is 15.5 Å². The molecule has 0 aromatic heterocycles. The first-order valence-electron chi connectivity index (χ1n) is 11.7. The maximum Gasteiger partial charge on any atom is 0.407 e. The van der Waals surface area contributed by atoms with Gasteiger partial charge in [0.2, 0.25) is 5.91 Å². The number of hydrogen-bond acceptors (Lipinski definition) is 6. The summed E-state index contributed by atoms with van der Waals surface area (Å²) in [5.41, 5.74) is 4.47. The van der Waals surface area contributed by atoms with Gasteiger partial charge in [-0.05, 0) is 49.3 Å². The molecular formula is C26H31N3O6. The molecule has 2 aromatic carbocycles. The predicted octanol–water partition coefficient (Wildman–Crippen LogP) is 2.06. The summed E-state index contributed by atoms with van der Waals surface area (Å²) in [5.74, 6) is -2.39. The molecule has 1 heterocycles. The number of fused-ring (bicyclic) bond motifs is 3. The van der Waals surface area contributed by atoms with E-state index in [4.69, 9.17) is 9.47 Å². The number of carboxylic acid groups (broad SMARTS) is 1. The fraction of sp³-hybridized carbons (Fsp3) is 0.423. The Balaban J connectivity index is 1.40. The average molecular weight is 482 g/mol. The van der Waals surface area contributed by atoms with Crippen molar-refractivity contribution in [2.24, 2.45) is 5.92 Å². The maximum absolute atomic E-state index is 13.0. The van der Waals surface area contributed by atoms with Gasteiger partial charge in [-0.1, -0.05) is 48.5 Å². The predicted molar refractivity (Wildman–Crippen MR) is 129 cm³/mol. The van der Waals surface area contributed by atoms with Crippen LogP contribution in [0.3, 0.4) is 0 Å². The molecule has 1 fully saturated rings. The Kier molecular flexibility index (Phi) is 7.67. The van der Waals surface area contributed by atoms with Crippen LogP contribution >= 0.6 is 0 Å². The standard InChI is InChI=1S/C26H31N3O6/c1-29(2)12-11-22(24(30)27-23-15-34-13-21(23)25(31)32)28-26(33)35-14-20-18-9-5-3-7-16(18)17-8-4-6-10-19(17)20/h3-10,20-23H,11-15H2,1-2H3,(H,27,30)(H,28,33)(H,31,32). The van der Waals surface area contributed by atoms with Crippen LogP contribution in [0.2, 0.25) is 0 Å². The van der Waals surface area contributed by atoms with Gasteiger partial charge in [-0.25, -0.2) is 4.79 Å². The lowest BCUT2D eigenvalue weighted by molar-refractivity contribution is -0.142. The number of carbonyl (C=O) groups excluding carboxylic acids is 2. The monoisotopic (exact) mass is 481 g/mol. The Labute approximate surface area is 204 Å². The SMILES string of the molecule is CN(C)CCC(NC(=O)OCC1c2ccccc2-c2ccccc21)C(=O)NC1COCC1C(=O)O. The van der Waals surface area contributed by atoms with E-state index in [1.165, 1.54) is 0 Å². The molecule has 4 rings (SSSR count). The molecule has 3 N–H and O–H groups in total. The zero-order valence-corrected chi connectivity index (χ0v) is 19.9. The zero-order valence-electron chi connectivity index (χ0n) is 19.9. The van der Waals surface area contributed by atoms with Gasteiger partial charge in [0, 0.05) is 5.92 Å². The number of carbonyl (C=O) groups is 3. The van der Waals surface area contributed by atoms with Gasteiger partial charge < -0.3 is 30.1 Å². The average Bonchev–Trinajstić information content (AvgIpc) is 3.43. The number of nitrogens with one attached hydrogen (secondary N) is 2. The summed E-state index contributed by atoms with van der Waals surface area (Å²) in [6, 6.07) is 14.6. The quantitative estimate of drug-likeness (QED) is 0.502. The number of amides is 2. The van der Waals surface area contributed by atoms with E-state index < -0.39 is 36.0 Å².